The van der Waals surface area contributed by atoms with E-state index in [-0.39, 0.29) is 5.82 Å². The number of benzene rings is 1. The van der Waals surface area contributed by atoms with E-state index >= 15 is 0 Å². The molecular formula is C16H22FN3. The molecule has 1 unspecified atom stereocenters. The lowest BCUT2D eigenvalue weighted by Crippen LogP contribution is -2.32. The molecule has 0 spiro atoms. The van der Waals surface area contributed by atoms with Gasteiger partial charge in [-0.25, -0.2) is 4.39 Å². The summed E-state index contributed by atoms with van der Waals surface area (Å²) in [5.41, 5.74) is 0.867. The zero-order chi connectivity index (χ0) is 14.5. The number of rotatable bonds is 3. The summed E-state index contributed by atoms with van der Waals surface area (Å²) < 4.78 is 13.9. The first-order chi connectivity index (χ1) is 9.60. The molecule has 1 aromatic rings. The predicted molar refractivity (Wildman–Crippen MR) is 79.1 cm³/mol. The maximum Gasteiger partial charge on any atom is 0.147 e. The van der Waals surface area contributed by atoms with E-state index in [0.29, 0.717) is 23.3 Å². The maximum absolute atomic E-state index is 13.9. The largest absolute Gasteiger partial charge is 0.380 e. The smallest absolute Gasteiger partial charge is 0.147 e. The third-order valence-corrected chi connectivity index (χ3v) is 3.95. The van der Waals surface area contributed by atoms with E-state index in [9.17, 15) is 4.39 Å². The van der Waals surface area contributed by atoms with Gasteiger partial charge in [-0.05, 0) is 57.9 Å². The first kappa shape index (κ1) is 14.8. The van der Waals surface area contributed by atoms with Gasteiger partial charge in [-0.15, -0.1) is 0 Å². The fraction of sp³-hybridized carbons (Fsp3) is 0.562. The molecule has 1 aliphatic rings. The Labute approximate surface area is 120 Å². The van der Waals surface area contributed by atoms with Gasteiger partial charge in [-0.2, -0.15) is 5.26 Å². The third kappa shape index (κ3) is 3.71. The van der Waals surface area contributed by atoms with Crippen LogP contribution < -0.4 is 5.32 Å². The number of hydrogen-bond donors (Lipinski definition) is 1. The molecule has 0 amide bonds. The average Bonchev–Trinajstić information content (AvgIpc) is 2.66. The van der Waals surface area contributed by atoms with Gasteiger partial charge in [-0.3, -0.25) is 0 Å². The van der Waals surface area contributed by atoms with Crippen LogP contribution in [0.15, 0.2) is 18.2 Å². The van der Waals surface area contributed by atoms with E-state index in [1.165, 1.54) is 6.07 Å². The minimum absolute atomic E-state index is 0.307. The zero-order valence-electron chi connectivity index (χ0n) is 12.2. The minimum atomic E-state index is -0.339. The number of nitriles is 1. The Morgan fingerprint density at radius 3 is 2.80 bits per heavy atom. The molecule has 1 saturated heterocycles. The maximum atomic E-state index is 13.9. The van der Waals surface area contributed by atoms with Gasteiger partial charge < -0.3 is 10.2 Å². The average molecular weight is 275 g/mol. The van der Waals surface area contributed by atoms with E-state index in [1.807, 2.05) is 6.07 Å². The van der Waals surface area contributed by atoms with Crippen LogP contribution in [0.25, 0.3) is 0 Å². The lowest BCUT2D eigenvalue weighted by Gasteiger charge is -2.24. The molecule has 0 saturated carbocycles. The number of nitrogens with zero attached hydrogens (tertiary/aromatic N) is 2. The van der Waals surface area contributed by atoms with E-state index in [2.05, 4.69) is 24.1 Å². The van der Waals surface area contributed by atoms with E-state index in [1.54, 1.807) is 12.1 Å². The summed E-state index contributed by atoms with van der Waals surface area (Å²) >= 11 is 0. The molecule has 0 aromatic heterocycles. The van der Waals surface area contributed by atoms with Crippen molar-refractivity contribution in [3.8, 4) is 6.07 Å². The van der Waals surface area contributed by atoms with Crippen LogP contribution in [0.2, 0.25) is 0 Å². The van der Waals surface area contributed by atoms with Crippen molar-refractivity contribution in [1.82, 2.24) is 4.90 Å². The second kappa shape index (κ2) is 6.71. The molecule has 1 N–H and O–H groups in total. The third-order valence-electron chi connectivity index (χ3n) is 3.95. The van der Waals surface area contributed by atoms with Crippen LogP contribution in [-0.4, -0.2) is 30.1 Å². The molecule has 20 heavy (non-hydrogen) atoms. The minimum Gasteiger partial charge on any atom is -0.380 e. The van der Waals surface area contributed by atoms with Crippen LogP contribution in [0, 0.1) is 17.1 Å². The number of anilines is 1. The van der Waals surface area contributed by atoms with Crippen molar-refractivity contribution >= 4 is 5.69 Å². The lowest BCUT2D eigenvalue weighted by atomic mass is 10.1. The molecule has 1 aliphatic heterocycles. The molecule has 0 aliphatic carbocycles. The molecule has 108 valence electrons. The van der Waals surface area contributed by atoms with Gasteiger partial charge in [0, 0.05) is 18.6 Å². The Balaban J connectivity index is 1.98. The van der Waals surface area contributed by atoms with Crippen molar-refractivity contribution in [2.75, 3.05) is 18.4 Å². The molecule has 1 atom stereocenters. The fourth-order valence-electron chi connectivity index (χ4n) is 2.70. The second-order valence-electron chi connectivity index (χ2n) is 5.71. The fourth-order valence-corrected chi connectivity index (χ4v) is 2.70. The zero-order valence-corrected chi connectivity index (χ0v) is 12.2. The molecule has 1 aromatic carbocycles. The second-order valence-corrected chi connectivity index (χ2v) is 5.71. The van der Waals surface area contributed by atoms with Gasteiger partial charge in [0.05, 0.1) is 17.3 Å². The lowest BCUT2D eigenvalue weighted by molar-refractivity contribution is 0.230. The highest BCUT2D eigenvalue weighted by atomic mass is 19.1. The number of likely N-dealkylation sites (tertiary alicyclic amines) is 1. The first-order valence-corrected chi connectivity index (χ1v) is 7.30. The van der Waals surface area contributed by atoms with Crippen molar-refractivity contribution in [2.45, 2.75) is 45.2 Å². The topological polar surface area (TPSA) is 39.1 Å². The Hall–Kier alpha value is -1.60. The summed E-state index contributed by atoms with van der Waals surface area (Å²) in [5, 5.41) is 12.0. The van der Waals surface area contributed by atoms with Crippen LogP contribution in [0.3, 0.4) is 0 Å². The normalized spacial score (nSPS) is 20.4. The van der Waals surface area contributed by atoms with Crippen LogP contribution in [0.1, 0.15) is 38.7 Å². The Kier molecular flexibility index (Phi) is 4.97. The Morgan fingerprint density at radius 2 is 2.15 bits per heavy atom. The summed E-state index contributed by atoms with van der Waals surface area (Å²) in [7, 11) is 0. The van der Waals surface area contributed by atoms with Crippen LogP contribution in [0.4, 0.5) is 10.1 Å². The van der Waals surface area contributed by atoms with Gasteiger partial charge in [-0.1, -0.05) is 0 Å². The monoisotopic (exact) mass is 275 g/mol. The summed E-state index contributed by atoms with van der Waals surface area (Å²) in [6.07, 6.45) is 3.22. The quantitative estimate of drug-likeness (QED) is 0.919. The van der Waals surface area contributed by atoms with Crippen LogP contribution in [-0.2, 0) is 0 Å². The molecular weight excluding hydrogens is 253 g/mol. The van der Waals surface area contributed by atoms with E-state index in [0.717, 1.165) is 32.4 Å². The van der Waals surface area contributed by atoms with Gasteiger partial charge in [0.1, 0.15) is 5.82 Å². The van der Waals surface area contributed by atoms with E-state index in [4.69, 9.17) is 5.26 Å². The van der Waals surface area contributed by atoms with Crippen LogP contribution in [0.5, 0.6) is 0 Å². The molecule has 1 heterocycles. The summed E-state index contributed by atoms with van der Waals surface area (Å²) in [6, 6.07) is 7.44. The van der Waals surface area contributed by atoms with Crippen molar-refractivity contribution < 1.29 is 4.39 Å². The SMILES string of the molecule is CC(C)N1CCCC(Nc2ccc(C#N)cc2F)CC1. The van der Waals surface area contributed by atoms with Gasteiger partial charge in [0.15, 0.2) is 0 Å². The Bertz CT molecular complexity index is 493. The van der Waals surface area contributed by atoms with E-state index < -0.39 is 0 Å². The molecule has 1 fully saturated rings. The molecule has 0 bridgehead atoms. The summed E-state index contributed by atoms with van der Waals surface area (Å²) in [5.74, 6) is -0.339. The summed E-state index contributed by atoms with van der Waals surface area (Å²) in [6.45, 7) is 6.60. The summed E-state index contributed by atoms with van der Waals surface area (Å²) in [4.78, 5) is 2.47. The molecule has 3 nitrogen and oxygen atoms in total. The molecule has 2 rings (SSSR count). The number of hydrogen-bond acceptors (Lipinski definition) is 3. The van der Waals surface area contributed by atoms with Crippen molar-refractivity contribution in [3.63, 3.8) is 0 Å². The number of halogens is 1. The number of nitrogens with one attached hydrogen (secondary N) is 1. The Morgan fingerprint density at radius 1 is 1.35 bits per heavy atom. The van der Waals surface area contributed by atoms with Gasteiger partial charge in [0.2, 0.25) is 0 Å². The molecule has 0 radical (unpaired) electrons. The van der Waals surface area contributed by atoms with Crippen molar-refractivity contribution in [3.05, 3.63) is 29.6 Å². The van der Waals surface area contributed by atoms with Crippen molar-refractivity contribution in [1.29, 1.82) is 5.26 Å². The molecule has 4 heteroatoms. The highest BCUT2D eigenvalue weighted by Gasteiger charge is 2.19. The standard InChI is InChI=1S/C16H22FN3/c1-12(2)20-8-3-4-14(7-9-20)19-16-6-5-13(11-18)10-15(16)17/h5-6,10,12,14,19H,3-4,7-9H2,1-2H3. The highest BCUT2D eigenvalue weighted by molar-refractivity contribution is 5.49. The van der Waals surface area contributed by atoms with Crippen molar-refractivity contribution in [2.24, 2.45) is 0 Å². The van der Waals surface area contributed by atoms with Crippen LogP contribution >= 0.6 is 0 Å². The first-order valence-electron chi connectivity index (χ1n) is 7.30. The van der Waals surface area contributed by atoms with Gasteiger partial charge in [0.25, 0.3) is 0 Å². The van der Waals surface area contributed by atoms with Gasteiger partial charge >= 0.3 is 0 Å². The predicted octanol–water partition coefficient (Wildman–Crippen LogP) is 3.37. The highest BCUT2D eigenvalue weighted by Crippen LogP contribution is 2.21.